The zero-order valence-corrected chi connectivity index (χ0v) is 19.8. The molecule has 0 aromatic heterocycles. The molecule has 2 aliphatic rings. The molecule has 1 unspecified atom stereocenters. The van der Waals surface area contributed by atoms with Crippen molar-refractivity contribution in [3.8, 4) is 0 Å². The van der Waals surface area contributed by atoms with Gasteiger partial charge in [0.15, 0.2) is 5.84 Å². The predicted molar refractivity (Wildman–Crippen MR) is 121 cm³/mol. The maximum atomic E-state index is 4.96. The fourth-order valence-corrected chi connectivity index (χ4v) is 5.25. The van der Waals surface area contributed by atoms with E-state index >= 15 is 0 Å². The standard InChI is InChI=1S/C25H49N2.ClH/c1-2-3-4-5-6-7-8-9-10-11-12-13-14-17-22-27-23-18-15-16-20-25(27)26-21-19-24-27;/h2-24H2,1H3;1H/q+1;/p-1. The van der Waals surface area contributed by atoms with Gasteiger partial charge in [-0.25, -0.2) is 4.99 Å². The molecule has 0 aromatic carbocycles. The number of hydrogen-bond acceptors (Lipinski definition) is 1. The lowest BCUT2D eigenvalue weighted by Gasteiger charge is -2.40. The summed E-state index contributed by atoms with van der Waals surface area (Å²) in [7, 11) is 0. The zero-order chi connectivity index (χ0) is 19.0. The number of hydrogen-bond donors (Lipinski definition) is 0. The van der Waals surface area contributed by atoms with Gasteiger partial charge in [-0.15, -0.1) is 0 Å². The highest BCUT2D eigenvalue weighted by molar-refractivity contribution is 5.76. The van der Waals surface area contributed by atoms with Crippen molar-refractivity contribution in [3.05, 3.63) is 0 Å². The van der Waals surface area contributed by atoms with Gasteiger partial charge in [-0.1, -0.05) is 84.0 Å². The molecule has 0 radical (unpaired) electrons. The quantitative estimate of drug-likeness (QED) is 0.274. The summed E-state index contributed by atoms with van der Waals surface area (Å²) < 4.78 is 1.29. The second-order valence-corrected chi connectivity index (χ2v) is 9.37. The molecule has 0 saturated carbocycles. The van der Waals surface area contributed by atoms with Crippen LogP contribution in [0.5, 0.6) is 0 Å². The molecule has 2 heterocycles. The Morgan fingerprint density at radius 2 is 1.18 bits per heavy atom. The van der Waals surface area contributed by atoms with Gasteiger partial charge < -0.3 is 12.4 Å². The van der Waals surface area contributed by atoms with Crippen molar-refractivity contribution in [2.45, 2.75) is 129 Å². The largest absolute Gasteiger partial charge is 1.00 e. The Morgan fingerprint density at radius 3 is 1.79 bits per heavy atom. The number of amidine groups is 1. The Morgan fingerprint density at radius 1 is 0.643 bits per heavy atom. The van der Waals surface area contributed by atoms with Crippen molar-refractivity contribution in [1.29, 1.82) is 0 Å². The SMILES string of the molecule is CCCCCCCCCCCCCCCC[N+]12CCCCCC1=NCCC2.[Cl-]. The number of halogens is 1. The Kier molecular flexibility index (Phi) is 15.5. The van der Waals surface area contributed by atoms with E-state index in [0.717, 1.165) is 6.54 Å². The topological polar surface area (TPSA) is 12.4 Å². The van der Waals surface area contributed by atoms with Crippen molar-refractivity contribution < 1.29 is 16.9 Å². The highest BCUT2D eigenvalue weighted by atomic mass is 35.5. The van der Waals surface area contributed by atoms with E-state index in [1.54, 1.807) is 5.84 Å². The van der Waals surface area contributed by atoms with E-state index in [9.17, 15) is 0 Å². The molecule has 2 rings (SSSR count). The second kappa shape index (κ2) is 16.7. The number of nitrogens with zero attached hydrogens (tertiary/aromatic N) is 2. The van der Waals surface area contributed by atoms with Crippen LogP contribution in [0.3, 0.4) is 0 Å². The van der Waals surface area contributed by atoms with E-state index in [1.165, 1.54) is 146 Å². The molecule has 2 nitrogen and oxygen atoms in total. The molecule has 1 atom stereocenters. The minimum atomic E-state index is 0. The van der Waals surface area contributed by atoms with E-state index in [1.807, 2.05) is 0 Å². The van der Waals surface area contributed by atoms with Gasteiger partial charge in [-0.05, 0) is 32.1 Å². The first-order valence-corrected chi connectivity index (χ1v) is 12.8. The van der Waals surface area contributed by atoms with Gasteiger partial charge in [0.1, 0.15) is 0 Å². The molecule has 0 N–H and O–H groups in total. The highest BCUT2D eigenvalue weighted by Crippen LogP contribution is 2.26. The summed E-state index contributed by atoms with van der Waals surface area (Å²) in [6.07, 6.45) is 27.3. The van der Waals surface area contributed by atoms with E-state index < -0.39 is 0 Å². The maximum Gasteiger partial charge on any atom is 0.198 e. The Labute approximate surface area is 183 Å². The first kappa shape index (κ1) is 26.0. The molecule has 1 fully saturated rings. The minimum absolute atomic E-state index is 0. The van der Waals surface area contributed by atoms with Gasteiger partial charge in [-0.2, -0.15) is 0 Å². The lowest BCUT2D eigenvalue weighted by atomic mass is 10.0. The summed E-state index contributed by atoms with van der Waals surface area (Å²) in [6, 6.07) is 0. The van der Waals surface area contributed by atoms with Crippen molar-refractivity contribution in [3.63, 3.8) is 0 Å². The van der Waals surface area contributed by atoms with E-state index in [2.05, 4.69) is 6.92 Å². The van der Waals surface area contributed by atoms with Crippen molar-refractivity contribution >= 4 is 5.84 Å². The molecule has 0 aromatic rings. The number of fused-ring (bicyclic) bond motifs is 1. The predicted octanol–water partition coefficient (Wildman–Crippen LogP) is 4.66. The Bertz CT molecular complexity index is 396. The summed E-state index contributed by atoms with van der Waals surface area (Å²) >= 11 is 0. The van der Waals surface area contributed by atoms with Gasteiger partial charge in [0, 0.05) is 19.4 Å². The minimum Gasteiger partial charge on any atom is -1.00 e. The summed E-state index contributed by atoms with van der Waals surface area (Å²) in [5.41, 5.74) is 0. The van der Waals surface area contributed by atoms with Crippen LogP contribution in [-0.4, -0.2) is 36.5 Å². The van der Waals surface area contributed by atoms with Crippen molar-refractivity contribution in [2.75, 3.05) is 26.2 Å². The average molecular weight is 413 g/mol. The number of aliphatic imine (C=N–C) groups is 1. The molecular weight excluding hydrogens is 364 g/mol. The summed E-state index contributed by atoms with van der Waals surface area (Å²) in [4.78, 5) is 4.96. The van der Waals surface area contributed by atoms with E-state index in [4.69, 9.17) is 4.99 Å². The van der Waals surface area contributed by atoms with Gasteiger partial charge in [0.2, 0.25) is 0 Å². The first-order chi connectivity index (χ1) is 13.4. The number of quaternary nitrogens is 1. The average Bonchev–Trinajstić information content (AvgIpc) is 2.91. The fraction of sp³-hybridized carbons (Fsp3) is 0.960. The van der Waals surface area contributed by atoms with Crippen LogP contribution in [0.4, 0.5) is 0 Å². The molecule has 1 saturated heterocycles. The molecule has 3 heteroatoms. The Balaban J connectivity index is 0.00000392. The second-order valence-electron chi connectivity index (χ2n) is 9.37. The zero-order valence-electron chi connectivity index (χ0n) is 19.0. The normalized spacial score (nSPS) is 22.1. The molecule has 2 aliphatic heterocycles. The highest BCUT2D eigenvalue weighted by Gasteiger charge is 2.36. The number of rotatable bonds is 15. The van der Waals surface area contributed by atoms with Gasteiger partial charge in [0.25, 0.3) is 0 Å². The van der Waals surface area contributed by atoms with Gasteiger partial charge in [-0.3, -0.25) is 4.48 Å². The fourth-order valence-electron chi connectivity index (χ4n) is 5.25. The van der Waals surface area contributed by atoms with Crippen LogP contribution in [0.1, 0.15) is 129 Å². The smallest absolute Gasteiger partial charge is 0.198 e. The molecule has 0 amide bonds. The molecular formula is C25H49ClN2. The maximum absolute atomic E-state index is 4.96. The van der Waals surface area contributed by atoms with Crippen LogP contribution in [0.15, 0.2) is 4.99 Å². The van der Waals surface area contributed by atoms with Crippen molar-refractivity contribution in [2.24, 2.45) is 4.99 Å². The van der Waals surface area contributed by atoms with Crippen LogP contribution in [-0.2, 0) is 0 Å². The third-order valence-electron chi connectivity index (χ3n) is 7.01. The van der Waals surface area contributed by atoms with Crippen LogP contribution < -0.4 is 12.4 Å². The molecule has 166 valence electrons. The number of unbranched alkanes of at least 4 members (excludes halogenated alkanes) is 13. The van der Waals surface area contributed by atoms with E-state index in [-0.39, 0.29) is 12.4 Å². The third kappa shape index (κ3) is 10.1. The summed E-state index contributed by atoms with van der Waals surface area (Å²) in [6.45, 7) is 7.57. The van der Waals surface area contributed by atoms with Crippen LogP contribution in [0.2, 0.25) is 0 Å². The van der Waals surface area contributed by atoms with Gasteiger partial charge >= 0.3 is 0 Å². The van der Waals surface area contributed by atoms with Gasteiger partial charge in [0.05, 0.1) is 19.6 Å². The van der Waals surface area contributed by atoms with E-state index in [0.29, 0.717) is 0 Å². The Hall–Kier alpha value is -0.0800. The lowest BCUT2D eigenvalue weighted by Crippen LogP contribution is -3.00. The molecule has 0 bridgehead atoms. The lowest BCUT2D eigenvalue weighted by molar-refractivity contribution is -0.845. The molecule has 28 heavy (non-hydrogen) atoms. The third-order valence-corrected chi connectivity index (χ3v) is 7.01. The van der Waals surface area contributed by atoms with Crippen LogP contribution in [0, 0.1) is 0 Å². The summed E-state index contributed by atoms with van der Waals surface area (Å²) in [5.74, 6) is 1.58. The van der Waals surface area contributed by atoms with Crippen LogP contribution in [0.25, 0.3) is 0 Å². The first-order valence-electron chi connectivity index (χ1n) is 12.8. The van der Waals surface area contributed by atoms with Crippen molar-refractivity contribution in [1.82, 2.24) is 0 Å². The monoisotopic (exact) mass is 412 g/mol. The van der Waals surface area contributed by atoms with Crippen LogP contribution >= 0.6 is 0 Å². The summed E-state index contributed by atoms with van der Waals surface area (Å²) in [5, 5.41) is 0. The molecule has 0 spiro atoms. The molecule has 0 aliphatic carbocycles.